The lowest BCUT2D eigenvalue weighted by Gasteiger charge is -2.10. The van der Waals surface area contributed by atoms with Crippen LogP contribution < -0.4 is 20.5 Å². The standard InChI is InChI=1S/C18H20F3N3O3.HI/c1-26-15-4-2-3-13(16(15)25)9-10-23-17(22)24-11-12-5-7-14(8-6-12)27-18(19,20)21;/h2-8,25H,9-11H2,1H3,(H3,22,23,24);1H. The first-order chi connectivity index (χ1) is 12.8. The van der Waals surface area contributed by atoms with Crippen molar-refractivity contribution in [2.24, 2.45) is 10.7 Å². The molecule has 0 aliphatic heterocycles. The molecule has 4 N–H and O–H groups in total. The van der Waals surface area contributed by atoms with E-state index in [1.165, 1.54) is 31.4 Å². The second kappa shape index (κ2) is 10.8. The highest BCUT2D eigenvalue weighted by Gasteiger charge is 2.30. The Labute approximate surface area is 177 Å². The van der Waals surface area contributed by atoms with Gasteiger partial charge in [-0.3, -0.25) is 0 Å². The van der Waals surface area contributed by atoms with E-state index in [2.05, 4.69) is 15.0 Å². The van der Waals surface area contributed by atoms with Crippen LogP contribution in [0.5, 0.6) is 17.2 Å². The van der Waals surface area contributed by atoms with Crippen molar-refractivity contribution in [1.29, 1.82) is 0 Å². The summed E-state index contributed by atoms with van der Waals surface area (Å²) in [7, 11) is 1.48. The summed E-state index contributed by atoms with van der Waals surface area (Å²) < 4.78 is 45.2. The third-order valence-corrected chi connectivity index (χ3v) is 3.59. The average molecular weight is 511 g/mol. The zero-order valence-corrected chi connectivity index (χ0v) is 17.3. The van der Waals surface area contributed by atoms with Crippen molar-refractivity contribution >= 4 is 29.9 Å². The summed E-state index contributed by atoms with van der Waals surface area (Å²) in [5.74, 6) is 0.373. The van der Waals surface area contributed by atoms with E-state index in [0.29, 0.717) is 29.8 Å². The molecule has 0 heterocycles. The van der Waals surface area contributed by atoms with E-state index in [0.717, 1.165) is 0 Å². The normalized spacial score (nSPS) is 11.5. The maximum Gasteiger partial charge on any atom is 0.573 e. The molecular formula is C18H21F3IN3O3. The number of rotatable bonds is 7. The van der Waals surface area contributed by atoms with E-state index in [1.807, 2.05) is 0 Å². The highest BCUT2D eigenvalue weighted by molar-refractivity contribution is 14.0. The van der Waals surface area contributed by atoms with Gasteiger partial charge in [0.25, 0.3) is 0 Å². The molecule has 2 rings (SSSR count). The number of nitrogens with two attached hydrogens (primary N) is 1. The largest absolute Gasteiger partial charge is 0.573 e. The number of aromatic hydroxyl groups is 1. The van der Waals surface area contributed by atoms with Gasteiger partial charge in [0, 0.05) is 6.54 Å². The molecule has 0 aromatic heterocycles. The van der Waals surface area contributed by atoms with Gasteiger partial charge >= 0.3 is 6.36 Å². The second-order valence-electron chi connectivity index (χ2n) is 5.54. The molecule has 2 aromatic carbocycles. The number of guanidine groups is 1. The van der Waals surface area contributed by atoms with Crippen LogP contribution in [0.4, 0.5) is 13.2 Å². The minimum atomic E-state index is -4.72. The molecule has 0 amide bonds. The maximum atomic E-state index is 12.1. The SMILES string of the molecule is COc1cccc(CCNC(N)=NCc2ccc(OC(F)(F)F)cc2)c1O.I. The summed E-state index contributed by atoms with van der Waals surface area (Å²) in [5.41, 5.74) is 7.16. The summed E-state index contributed by atoms with van der Waals surface area (Å²) in [6, 6.07) is 10.6. The molecule has 0 atom stereocenters. The number of ether oxygens (including phenoxy) is 2. The van der Waals surface area contributed by atoms with Crippen molar-refractivity contribution in [2.45, 2.75) is 19.3 Å². The number of benzene rings is 2. The molecule has 28 heavy (non-hydrogen) atoms. The number of hydrogen-bond acceptors (Lipinski definition) is 4. The first-order valence-corrected chi connectivity index (χ1v) is 8.02. The zero-order chi connectivity index (χ0) is 19.9. The third-order valence-electron chi connectivity index (χ3n) is 3.59. The molecule has 6 nitrogen and oxygen atoms in total. The van der Waals surface area contributed by atoms with Gasteiger partial charge in [0.05, 0.1) is 13.7 Å². The summed E-state index contributed by atoms with van der Waals surface area (Å²) in [6.45, 7) is 0.643. The summed E-state index contributed by atoms with van der Waals surface area (Å²) >= 11 is 0. The Balaban J connectivity index is 0.00000392. The number of nitrogens with zero attached hydrogens (tertiary/aromatic N) is 1. The monoisotopic (exact) mass is 511 g/mol. The van der Waals surface area contributed by atoms with Gasteiger partial charge < -0.3 is 25.6 Å². The third kappa shape index (κ3) is 7.71. The zero-order valence-electron chi connectivity index (χ0n) is 15.0. The molecule has 0 fully saturated rings. The fraction of sp³-hybridized carbons (Fsp3) is 0.278. The minimum Gasteiger partial charge on any atom is -0.504 e. The van der Waals surface area contributed by atoms with Gasteiger partial charge in [-0.05, 0) is 35.7 Å². The number of hydrogen-bond donors (Lipinski definition) is 3. The number of aliphatic imine (C=N–C) groups is 1. The van der Waals surface area contributed by atoms with E-state index in [-0.39, 0.29) is 48.0 Å². The lowest BCUT2D eigenvalue weighted by molar-refractivity contribution is -0.274. The van der Waals surface area contributed by atoms with Crippen molar-refractivity contribution in [3.63, 3.8) is 0 Å². The van der Waals surface area contributed by atoms with Gasteiger partial charge in [0.2, 0.25) is 0 Å². The molecule has 0 unspecified atom stereocenters. The topological polar surface area (TPSA) is 89.1 Å². The van der Waals surface area contributed by atoms with Crippen LogP contribution >= 0.6 is 24.0 Å². The first-order valence-electron chi connectivity index (χ1n) is 8.02. The van der Waals surface area contributed by atoms with E-state index < -0.39 is 6.36 Å². The molecule has 0 bridgehead atoms. The van der Waals surface area contributed by atoms with Gasteiger partial charge in [-0.15, -0.1) is 37.1 Å². The van der Waals surface area contributed by atoms with Crippen molar-refractivity contribution in [1.82, 2.24) is 5.32 Å². The van der Waals surface area contributed by atoms with Crippen LogP contribution in [-0.2, 0) is 13.0 Å². The molecule has 154 valence electrons. The Morgan fingerprint density at radius 3 is 2.46 bits per heavy atom. The van der Waals surface area contributed by atoms with E-state index in [9.17, 15) is 18.3 Å². The number of nitrogens with one attached hydrogen (secondary N) is 1. The maximum absolute atomic E-state index is 12.1. The predicted octanol–water partition coefficient (Wildman–Crippen LogP) is 3.56. The fourth-order valence-corrected chi connectivity index (χ4v) is 2.29. The Morgan fingerprint density at radius 1 is 1.18 bits per heavy atom. The smallest absolute Gasteiger partial charge is 0.504 e. The summed E-state index contributed by atoms with van der Waals surface area (Å²) in [6.07, 6.45) is -4.21. The second-order valence-corrected chi connectivity index (χ2v) is 5.54. The van der Waals surface area contributed by atoms with Crippen molar-refractivity contribution < 1.29 is 27.8 Å². The number of halogens is 4. The van der Waals surface area contributed by atoms with Crippen LogP contribution in [0.2, 0.25) is 0 Å². The lowest BCUT2D eigenvalue weighted by atomic mass is 10.1. The molecule has 0 aliphatic carbocycles. The van der Waals surface area contributed by atoms with E-state index >= 15 is 0 Å². The summed E-state index contributed by atoms with van der Waals surface area (Å²) in [4.78, 5) is 4.12. The highest BCUT2D eigenvalue weighted by atomic mass is 127. The molecule has 0 radical (unpaired) electrons. The van der Waals surface area contributed by atoms with Gasteiger partial charge in [0.15, 0.2) is 17.5 Å². The Hall–Kier alpha value is -2.37. The molecule has 0 spiro atoms. The van der Waals surface area contributed by atoms with Gasteiger partial charge in [-0.1, -0.05) is 24.3 Å². The molecule has 0 saturated heterocycles. The number of para-hydroxylation sites is 1. The van der Waals surface area contributed by atoms with Gasteiger partial charge in [-0.2, -0.15) is 0 Å². The molecular weight excluding hydrogens is 490 g/mol. The van der Waals surface area contributed by atoms with E-state index in [1.54, 1.807) is 18.2 Å². The first kappa shape index (κ1) is 23.7. The van der Waals surface area contributed by atoms with Crippen LogP contribution in [-0.4, -0.2) is 31.1 Å². The van der Waals surface area contributed by atoms with Crippen LogP contribution in [0.1, 0.15) is 11.1 Å². The van der Waals surface area contributed by atoms with Gasteiger partial charge in [-0.25, -0.2) is 4.99 Å². The Bertz CT molecular complexity index is 784. The Kier molecular flexibility index (Phi) is 9.16. The number of phenolic OH excluding ortho intramolecular Hbond substituents is 1. The van der Waals surface area contributed by atoms with Gasteiger partial charge in [0.1, 0.15) is 5.75 Å². The number of methoxy groups -OCH3 is 1. The average Bonchev–Trinajstić information content (AvgIpc) is 2.61. The van der Waals surface area contributed by atoms with Crippen molar-refractivity contribution in [2.75, 3.05) is 13.7 Å². The predicted molar refractivity (Wildman–Crippen MR) is 110 cm³/mol. The molecule has 0 saturated carbocycles. The fourth-order valence-electron chi connectivity index (χ4n) is 2.29. The summed E-state index contributed by atoms with van der Waals surface area (Å²) in [5, 5.41) is 12.9. The van der Waals surface area contributed by atoms with Crippen molar-refractivity contribution in [3.05, 3.63) is 53.6 Å². The van der Waals surface area contributed by atoms with E-state index in [4.69, 9.17) is 10.5 Å². The minimum absolute atomic E-state index is 0. The lowest BCUT2D eigenvalue weighted by Crippen LogP contribution is -2.33. The van der Waals surface area contributed by atoms with Crippen molar-refractivity contribution in [3.8, 4) is 17.2 Å². The van der Waals surface area contributed by atoms with Crippen LogP contribution in [0.25, 0.3) is 0 Å². The number of phenols is 1. The number of alkyl halides is 3. The quantitative estimate of drug-likeness (QED) is 0.301. The van der Waals surface area contributed by atoms with Crippen LogP contribution in [0.15, 0.2) is 47.5 Å². The molecule has 2 aromatic rings. The van der Waals surface area contributed by atoms with Crippen LogP contribution in [0, 0.1) is 0 Å². The Morgan fingerprint density at radius 2 is 1.86 bits per heavy atom. The molecule has 10 heteroatoms. The van der Waals surface area contributed by atoms with Crippen LogP contribution in [0.3, 0.4) is 0 Å². The highest BCUT2D eigenvalue weighted by Crippen LogP contribution is 2.29. The molecule has 0 aliphatic rings.